The van der Waals surface area contributed by atoms with Gasteiger partial charge in [0.25, 0.3) is 0 Å². The minimum Gasteiger partial charge on any atom is -0.391 e. The average Bonchev–Trinajstić information content (AvgIpc) is 3.23. The molecule has 2 heterocycles. The topological polar surface area (TPSA) is 87.8 Å². The molecule has 1 fully saturated rings. The molecule has 7 nitrogen and oxygen atoms in total. The van der Waals surface area contributed by atoms with Gasteiger partial charge in [0, 0.05) is 42.3 Å². The lowest BCUT2D eigenvalue weighted by Crippen LogP contribution is -2.39. The average molecular weight is 394 g/mol. The number of benzene rings is 1. The van der Waals surface area contributed by atoms with Crippen molar-refractivity contribution in [3.8, 4) is 0 Å². The van der Waals surface area contributed by atoms with Crippen molar-refractivity contribution < 1.29 is 19.2 Å². The van der Waals surface area contributed by atoms with Crippen molar-refractivity contribution in [2.24, 2.45) is 0 Å². The highest BCUT2D eigenvalue weighted by Gasteiger charge is 2.36. The number of rotatable bonds is 6. The second-order valence-corrected chi connectivity index (χ2v) is 7.85. The van der Waals surface area contributed by atoms with Gasteiger partial charge in [-0.15, -0.1) is 0 Å². The predicted octanol–water partition coefficient (Wildman–Crippen LogP) is 2.83. The zero-order valence-electron chi connectivity index (χ0n) is 15.6. The smallest absolute Gasteiger partial charge is 0.248 e. The second-order valence-electron chi connectivity index (χ2n) is 7.42. The first kappa shape index (κ1) is 19.7. The molecule has 1 aliphatic rings. The molecule has 1 aromatic heterocycles. The maximum atomic E-state index is 12.8. The number of hydrogen-bond donors (Lipinski definition) is 2. The quantitative estimate of drug-likeness (QED) is 0.784. The molecule has 0 spiro atoms. The van der Waals surface area contributed by atoms with E-state index in [2.05, 4.69) is 10.5 Å². The van der Waals surface area contributed by atoms with E-state index in [1.165, 1.54) is 0 Å². The third-order valence-electron chi connectivity index (χ3n) is 4.67. The molecule has 2 N–H and O–H groups in total. The Labute approximate surface area is 163 Å². The van der Waals surface area contributed by atoms with Gasteiger partial charge in [0.15, 0.2) is 5.82 Å². The fourth-order valence-corrected chi connectivity index (χ4v) is 3.40. The summed E-state index contributed by atoms with van der Waals surface area (Å²) in [5.74, 6) is 0.725. The monoisotopic (exact) mass is 393 g/mol. The van der Waals surface area contributed by atoms with E-state index in [-0.39, 0.29) is 11.3 Å². The van der Waals surface area contributed by atoms with Gasteiger partial charge in [0.1, 0.15) is 11.8 Å². The normalized spacial score (nSPS) is 20.1. The maximum Gasteiger partial charge on any atom is 0.248 e. The molecular weight excluding hydrogens is 370 g/mol. The van der Waals surface area contributed by atoms with Crippen LogP contribution in [-0.4, -0.2) is 48.6 Å². The summed E-state index contributed by atoms with van der Waals surface area (Å²) < 4.78 is 10.6. The fraction of sp³-hybridized carbons (Fsp3) is 0.474. The van der Waals surface area contributed by atoms with Crippen LogP contribution in [0.3, 0.4) is 0 Å². The van der Waals surface area contributed by atoms with Gasteiger partial charge in [-0.05, 0) is 24.3 Å². The Morgan fingerprint density at radius 2 is 2.15 bits per heavy atom. The van der Waals surface area contributed by atoms with Crippen molar-refractivity contribution in [1.29, 1.82) is 0 Å². The van der Waals surface area contributed by atoms with Crippen molar-refractivity contribution in [2.75, 3.05) is 30.5 Å². The van der Waals surface area contributed by atoms with Crippen molar-refractivity contribution in [2.45, 2.75) is 37.8 Å². The van der Waals surface area contributed by atoms with Crippen LogP contribution in [0.1, 0.15) is 26.0 Å². The van der Waals surface area contributed by atoms with Crippen LogP contribution in [0, 0.1) is 0 Å². The minimum atomic E-state index is -0.579. The molecule has 1 aromatic carbocycles. The first-order valence-corrected chi connectivity index (χ1v) is 9.15. The third-order valence-corrected chi connectivity index (χ3v) is 4.93. The molecule has 3 rings (SSSR count). The van der Waals surface area contributed by atoms with Crippen LogP contribution in [-0.2, 0) is 14.9 Å². The van der Waals surface area contributed by atoms with E-state index in [0.717, 1.165) is 5.69 Å². The summed E-state index contributed by atoms with van der Waals surface area (Å²) in [6, 6.07) is 8.39. The van der Waals surface area contributed by atoms with Gasteiger partial charge in [0.2, 0.25) is 5.91 Å². The Hall–Kier alpha value is -2.09. The zero-order chi connectivity index (χ0) is 19.6. The summed E-state index contributed by atoms with van der Waals surface area (Å²) in [5.41, 5.74) is 0.474. The number of amides is 1. The maximum absolute atomic E-state index is 12.8. The summed E-state index contributed by atoms with van der Waals surface area (Å²) in [6.45, 7) is 4.79. The molecule has 1 amide bonds. The first-order chi connectivity index (χ1) is 12.8. The van der Waals surface area contributed by atoms with Crippen LogP contribution >= 0.6 is 11.6 Å². The summed E-state index contributed by atoms with van der Waals surface area (Å²) >= 11 is 5.94. The number of aliphatic hydroxyl groups excluding tert-OH is 1. The number of hydrogen-bond acceptors (Lipinski definition) is 6. The lowest BCUT2D eigenvalue weighted by molar-refractivity contribution is -0.117. The summed E-state index contributed by atoms with van der Waals surface area (Å²) in [6.07, 6.45) is -0.237. The summed E-state index contributed by atoms with van der Waals surface area (Å²) in [5, 5.41) is 17.4. The van der Waals surface area contributed by atoms with E-state index in [9.17, 15) is 9.90 Å². The molecule has 2 atom stereocenters. The second kappa shape index (κ2) is 7.88. The minimum absolute atomic E-state index is 0.245. The SMILES string of the molecule is COCC(C)(C)c1cc(NC(=O)[C@@H]2C[C@@H](O)CN2c2ccc(Cl)cc2)no1. The number of anilines is 2. The Kier molecular flexibility index (Phi) is 5.74. The van der Waals surface area contributed by atoms with E-state index in [4.69, 9.17) is 20.9 Å². The summed E-state index contributed by atoms with van der Waals surface area (Å²) in [4.78, 5) is 14.7. The van der Waals surface area contributed by atoms with Gasteiger partial charge in [-0.1, -0.05) is 30.6 Å². The van der Waals surface area contributed by atoms with Gasteiger partial charge in [-0.3, -0.25) is 4.79 Å². The Morgan fingerprint density at radius 1 is 1.44 bits per heavy atom. The van der Waals surface area contributed by atoms with Crippen molar-refractivity contribution in [3.63, 3.8) is 0 Å². The molecule has 0 aliphatic carbocycles. The largest absolute Gasteiger partial charge is 0.391 e. The van der Waals surface area contributed by atoms with Crippen LogP contribution < -0.4 is 10.2 Å². The number of β-amino-alcohol motifs (C(OH)–C–C–N with tert-alkyl or cyclic N) is 1. The molecule has 0 radical (unpaired) electrons. The third kappa shape index (κ3) is 4.43. The van der Waals surface area contributed by atoms with E-state index in [0.29, 0.717) is 36.2 Å². The molecule has 1 aliphatic heterocycles. The molecule has 2 aromatic rings. The Morgan fingerprint density at radius 3 is 2.81 bits per heavy atom. The van der Waals surface area contributed by atoms with Crippen LogP contribution in [0.4, 0.5) is 11.5 Å². The lowest BCUT2D eigenvalue weighted by Gasteiger charge is -2.25. The highest BCUT2D eigenvalue weighted by Crippen LogP contribution is 2.29. The Balaban J connectivity index is 1.73. The van der Waals surface area contributed by atoms with E-state index in [1.54, 1.807) is 25.3 Å². The van der Waals surface area contributed by atoms with E-state index >= 15 is 0 Å². The molecule has 1 saturated heterocycles. The zero-order valence-corrected chi connectivity index (χ0v) is 16.4. The highest BCUT2D eigenvalue weighted by atomic mass is 35.5. The fourth-order valence-electron chi connectivity index (χ4n) is 3.27. The van der Waals surface area contributed by atoms with Gasteiger partial charge in [-0.25, -0.2) is 0 Å². The Bertz CT molecular complexity index is 791. The van der Waals surface area contributed by atoms with Gasteiger partial charge < -0.3 is 24.6 Å². The van der Waals surface area contributed by atoms with Crippen molar-refractivity contribution >= 4 is 29.0 Å². The van der Waals surface area contributed by atoms with E-state index < -0.39 is 12.1 Å². The van der Waals surface area contributed by atoms with Gasteiger partial charge >= 0.3 is 0 Å². The number of halogens is 1. The number of carbonyl (C=O) groups excluding carboxylic acids is 1. The van der Waals surface area contributed by atoms with Crippen LogP contribution in [0.25, 0.3) is 0 Å². The number of nitrogens with one attached hydrogen (secondary N) is 1. The highest BCUT2D eigenvalue weighted by molar-refractivity contribution is 6.30. The van der Waals surface area contributed by atoms with Crippen LogP contribution in [0.15, 0.2) is 34.9 Å². The molecule has 8 heteroatoms. The van der Waals surface area contributed by atoms with Crippen LogP contribution in [0.5, 0.6) is 0 Å². The van der Waals surface area contributed by atoms with Crippen molar-refractivity contribution in [3.05, 3.63) is 41.1 Å². The molecular formula is C19H24ClN3O4. The number of aliphatic hydroxyl groups is 1. The molecule has 0 unspecified atom stereocenters. The number of methoxy groups -OCH3 is 1. The molecule has 0 bridgehead atoms. The van der Waals surface area contributed by atoms with Gasteiger partial charge in [0.05, 0.1) is 12.7 Å². The van der Waals surface area contributed by atoms with E-state index in [1.807, 2.05) is 30.9 Å². The van der Waals surface area contributed by atoms with Crippen LogP contribution in [0.2, 0.25) is 5.02 Å². The first-order valence-electron chi connectivity index (χ1n) is 8.77. The number of carbonyl (C=O) groups is 1. The number of aromatic nitrogens is 1. The summed E-state index contributed by atoms with van der Waals surface area (Å²) in [7, 11) is 1.62. The standard InChI is InChI=1S/C19H24ClN3O4/c1-19(2,11-26-3)16-9-17(22-27-16)21-18(25)15-8-14(24)10-23(15)13-6-4-12(20)5-7-13/h4-7,9,14-15,24H,8,10-11H2,1-3H3,(H,21,22,25)/t14-,15+/m1/s1. The molecule has 0 saturated carbocycles. The molecule has 146 valence electrons. The number of nitrogens with zero attached hydrogens (tertiary/aromatic N) is 2. The van der Waals surface area contributed by atoms with Gasteiger partial charge in [-0.2, -0.15) is 0 Å². The van der Waals surface area contributed by atoms with Crippen molar-refractivity contribution in [1.82, 2.24) is 5.16 Å². The lowest BCUT2D eigenvalue weighted by atomic mass is 9.91. The molecule has 27 heavy (non-hydrogen) atoms. The number of ether oxygens (including phenoxy) is 1. The predicted molar refractivity (Wildman–Crippen MR) is 103 cm³/mol.